The molecule has 164 valence electrons. The first-order valence-electron chi connectivity index (χ1n) is 10.3. The molecule has 0 fully saturated rings. The second-order valence-electron chi connectivity index (χ2n) is 7.77. The molecule has 0 aliphatic carbocycles. The van der Waals surface area contributed by atoms with Crippen molar-refractivity contribution in [2.75, 3.05) is 20.3 Å². The monoisotopic (exact) mass is 431 g/mol. The van der Waals surface area contributed by atoms with Crippen molar-refractivity contribution in [1.82, 2.24) is 19.3 Å². The molecule has 4 aromatic rings. The zero-order chi connectivity index (χ0) is 22.8. The van der Waals surface area contributed by atoms with Gasteiger partial charge in [0.2, 0.25) is 0 Å². The molecule has 3 heterocycles. The van der Waals surface area contributed by atoms with Gasteiger partial charge in [0.1, 0.15) is 16.8 Å². The maximum Gasteiger partial charge on any atom is 0.267 e. The molecule has 0 aliphatic rings. The molecule has 8 nitrogen and oxygen atoms in total. The molecule has 0 atom stereocenters. The summed E-state index contributed by atoms with van der Waals surface area (Å²) < 4.78 is 8.09. The largest absolute Gasteiger partial charge is 0.383 e. The Balaban J connectivity index is 1.99. The fourth-order valence-electron chi connectivity index (χ4n) is 3.66. The number of nitrogens with zero attached hydrogens (tertiary/aromatic N) is 3. The van der Waals surface area contributed by atoms with Gasteiger partial charge in [0.25, 0.3) is 11.5 Å². The van der Waals surface area contributed by atoms with Crippen LogP contribution in [-0.4, -0.2) is 40.1 Å². The number of amides is 1. The molecule has 1 aromatic carbocycles. The van der Waals surface area contributed by atoms with E-state index in [-0.39, 0.29) is 22.0 Å². The van der Waals surface area contributed by atoms with Crippen LogP contribution >= 0.6 is 0 Å². The summed E-state index contributed by atoms with van der Waals surface area (Å²) in [6.45, 7) is 4.86. The zero-order valence-corrected chi connectivity index (χ0v) is 18.3. The van der Waals surface area contributed by atoms with E-state index in [4.69, 9.17) is 15.1 Å². The number of aromatic nitrogens is 3. The Morgan fingerprint density at radius 1 is 1.16 bits per heavy atom. The van der Waals surface area contributed by atoms with Gasteiger partial charge in [0.15, 0.2) is 0 Å². The van der Waals surface area contributed by atoms with Crippen LogP contribution in [0.1, 0.15) is 27.0 Å². The molecular weight excluding hydrogens is 406 g/mol. The number of carbonyl (C=O) groups is 1. The van der Waals surface area contributed by atoms with Crippen LogP contribution in [0.3, 0.4) is 0 Å². The molecule has 32 heavy (non-hydrogen) atoms. The van der Waals surface area contributed by atoms with E-state index in [2.05, 4.69) is 5.32 Å². The summed E-state index contributed by atoms with van der Waals surface area (Å²) in [4.78, 5) is 30.9. The third-order valence-electron chi connectivity index (χ3n) is 5.43. The van der Waals surface area contributed by atoms with Crippen LogP contribution in [0, 0.1) is 19.3 Å². The van der Waals surface area contributed by atoms with Gasteiger partial charge >= 0.3 is 0 Å². The van der Waals surface area contributed by atoms with Gasteiger partial charge in [-0.2, -0.15) is 0 Å². The van der Waals surface area contributed by atoms with E-state index in [1.165, 1.54) is 10.5 Å². The second-order valence-corrected chi connectivity index (χ2v) is 7.77. The molecular formula is C24H25N5O3. The van der Waals surface area contributed by atoms with Crippen molar-refractivity contribution in [1.29, 1.82) is 5.41 Å². The number of aryl methyl sites for hydroxylation is 2. The highest BCUT2D eigenvalue weighted by Crippen LogP contribution is 2.14. The summed E-state index contributed by atoms with van der Waals surface area (Å²) in [5, 5.41) is 11.8. The number of fused-ring (bicyclic) bond motifs is 2. The van der Waals surface area contributed by atoms with Crippen molar-refractivity contribution >= 4 is 22.6 Å². The quantitative estimate of drug-likeness (QED) is 0.361. The normalized spacial score (nSPS) is 11.2. The molecule has 0 aliphatic heterocycles. The Morgan fingerprint density at radius 2 is 1.91 bits per heavy atom. The highest BCUT2D eigenvalue weighted by molar-refractivity contribution is 5.96. The zero-order valence-electron chi connectivity index (χ0n) is 18.3. The van der Waals surface area contributed by atoms with Gasteiger partial charge in [-0.1, -0.05) is 35.9 Å². The highest BCUT2D eigenvalue weighted by Gasteiger charge is 2.18. The fraction of sp³-hybridized carbons (Fsp3) is 0.250. The lowest BCUT2D eigenvalue weighted by Crippen LogP contribution is -2.36. The number of hydrogen-bond donors (Lipinski definition) is 2. The second kappa shape index (κ2) is 8.76. The lowest BCUT2D eigenvalue weighted by atomic mass is 10.1. The number of pyridine rings is 2. The molecule has 0 radical (unpaired) electrons. The lowest BCUT2D eigenvalue weighted by Gasteiger charge is -2.15. The highest BCUT2D eigenvalue weighted by atomic mass is 16.5. The van der Waals surface area contributed by atoms with E-state index >= 15 is 0 Å². The number of hydrogen-bond acceptors (Lipinski definition) is 5. The third-order valence-corrected chi connectivity index (χ3v) is 5.43. The van der Waals surface area contributed by atoms with Crippen molar-refractivity contribution in [3.63, 3.8) is 0 Å². The van der Waals surface area contributed by atoms with E-state index in [1.807, 2.05) is 44.2 Å². The Hall–Kier alpha value is -3.78. The average Bonchev–Trinajstić information content (AvgIpc) is 2.78. The minimum Gasteiger partial charge on any atom is -0.383 e. The van der Waals surface area contributed by atoms with Crippen LogP contribution in [0.25, 0.3) is 16.7 Å². The van der Waals surface area contributed by atoms with Crippen LogP contribution in [0.2, 0.25) is 0 Å². The van der Waals surface area contributed by atoms with Gasteiger partial charge in [-0.25, -0.2) is 4.98 Å². The first-order valence-corrected chi connectivity index (χ1v) is 10.3. The molecule has 0 saturated carbocycles. The molecule has 4 rings (SSSR count). The van der Waals surface area contributed by atoms with E-state index in [0.717, 1.165) is 16.7 Å². The number of methoxy groups -OCH3 is 1. The van der Waals surface area contributed by atoms with Crippen LogP contribution in [0.4, 0.5) is 0 Å². The van der Waals surface area contributed by atoms with Gasteiger partial charge in [-0.15, -0.1) is 0 Å². The van der Waals surface area contributed by atoms with Crippen molar-refractivity contribution in [2.45, 2.75) is 20.4 Å². The summed E-state index contributed by atoms with van der Waals surface area (Å²) in [6.07, 6.45) is 1.66. The van der Waals surface area contributed by atoms with Gasteiger partial charge in [0.05, 0.1) is 24.1 Å². The molecule has 8 heteroatoms. The Kier molecular flexibility index (Phi) is 5.87. The van der Waals surface area contributed by atoms with Gasteiger partial charge in [-0.3, -0.25) is 19.4 Å². The molecule has 2 N–H and O–H groups in total. The van der Waals surface area contributed by atoms with Gasteiger partial charge in [0, 0.05) is 19.9 Å². The predicted octanol–water partition coefficient (Wildman–Crippen LogP) is 2.17. The SMILES string of the molecule is COCCNC(=O)c1cc2c(=O)n3cccc(C)c3nc2n(Cc2ccc(C)cc2)c1=N. The summed E-state index contributed by atoms with van der Waals surface area (Å²) in [5.41, 5.74) is 3.66. The molecule has 0 unspecified atom stereocenters. The summed E-state index contributed by atoms with van der Waals surface area (Å²) in [5.74, 6) is -0.430. The minimum atomic E-state index is -0.430. The third kappa shape index (κ3) is 3.92. The van der Waals surface area contributed by atoms with Crippen LogP contribution in [0.5, 0.6) is 0 Å². The molecule has 0 saturated heterocycles. The fourth-order valence-corrected chi connectivity index (χ4v) is 3.66. The Bertz CT molecular complexity index is 1440. The van der Waals surface area contributed by atoms with Crippen molar-refractivity contribution < 1.29 is 9.53 Å². The van der Waals surface area contributed by atoms with E-state index in [9.17, 15) is 9.59 Å². The standard InChI is InChI=1S/C24H25N5O3/c1-15-6-8-17(9-7-15)14-29-20(25)18(23(30)26-10-12-32-3)13-19-22(29)27-21-16(2)5-4-11-28(21)24(19)31/h4-9,11,13,25H,10,12,14H2,1-3H3,(H,26,30). The molecule has 3 aromatic heterocycles. The summed E-state index contributed by atoms with van der Waals surface area (Å²) >= 11 is 0. The summed E-state index contributed by atoms with van der Waals surface area (Å²) in [7, 11) is 1.55. The topological polar surface area (TPSA) is 101 Å². The maximum atomic E-state index is 13.3. The first kappa shape index (κ1) is 21.5. The average molecular weight is 431 g/mol. The molecule has 0 bridgehead atoms. The number of benzene rings is 1. The Morgan fingerprint density at radius 3 is 2.62 bits per heavy atom. The van der Waals surface area contributed by atoms with Crippen molar-refractivity contribution in [3.8, 4) is 0 Å². The van der Waals surface area contributed by atoms with E-state index in [1.54, 1.807) is 23.9 Å². The Labute approximate surface area is 184 Å². The van der Waals surface area contributed by atoms with Crippen molar-refractivity contribution in [2.24, 2.45) is 0 Å². The van der Waals surface area contributed by atoms with E-state index < -0.39 is 5.91 Å². The first-order chi connectivity index (χ1) is 15.4. The lowest BCUT2D eigenvalue weighted by molar-refractivity contribution is 0.0934. The summed E-state index contributed by atoms with van der Waals surface area (Å²) in [6, 6.07) is 13.1. The molecule has 1 amide bonds. The predicted molar refractivity (Wildman–Crippen MR) is 122 cm³/mol. The van der Waals surface area contributed by atoms with Crippen LogP contribution in [-0.2, 0) is 11.3 Å². The number of rotatable bonds is 6. The van der Waals surface area contributed by atoms with Gasteiger partial charge in [-0.05, 0) is 37.1 Å². The van der Waals surface area contributed by atoms with Crippen molar-refractivity contribution in [3.05, 3.63) is 86.8 Å². The van der Waals surface area contributed by atoms with Gasteiger partial charge < -0.3 is 14.6 Å². The number of carbonyl (C=O) groups excluding carboxylic acids is 1. The van der Waals surface area contributed by atoms with Crippen LogP contribution in [0.15, 0.2) is 53.5 Å². The molecule has 0 spiro atoms. The minimum absolute atomic E-state index is 0.00201. The van der Waals surface area contributed by atoms with E-state index in [0.29, 0.717) is 31.0 Å². The number of nitrogens with one attached hydrogen (secondary N) is 2. The van der Waals surface area contributed by atoms with Crippen LogP contribution < -0.4 is 16.4 Å². The number of ether oxygens (including phenoxy) is 1. The maximum absolute atomic E-state index is 13.3. The smallest absolute Gasteiger partial charge is 0.267 e.